The normalized spacial score (nSPS) is 35.8. The summed E-state index contributed by atoms with van der Waals surface area (Å²) in [5.74, 6) is 1.58. The Kier molecular flexibility index (Phi) is 4.96. The van der Waals surface area contributed by atoms with E-state index in [1.807, 2.05) is 0 Å². The summed E-state index contributed by atoms with van der Waals surface area (Å²) in [6, 6.07) is 6.27. The molecule has 1 saturated carbocycles. The van der Waals surface area contributed by atoms with Crippen molar-refractivity contribution >= 4 is 11.7 Å². The van der Waals surface area contributed by atoms with Crippen LogP contribution in [0.4, 0.5) is 5.69 Å². The molecule has 0 unspecified atom stereocenters. The first-order valence-electron chi connectivity index (χ1n) is 10.5. The third-order valence-corrected chi connectivity index (χ3v) is 7.04. The number of aryl methyl sites for hydroxylation is 1. The van der Waals surface area contributed by atoms with Crippen LogP contribution >= 0.6 is 0 Å². The highest BCUT2D eigenvalue weighted by atomic mass is 16.7. The first-order valence-corrected chi connectivity index (χ1v) is 10.5. The van der Waals surface area contributed by atoms with Crippen LogP contribution in [0.1, 0.15) is 57.1 Å². The molecule has 4 rings (SSSR count). The second kappa shape index (κ2) is 7.12. The lowest BCUT2D eigenvalue weighted by molar-refractivity contribution is -0.195. The van der Waals surface area contributed by atoms with E-state index >= 15 is 0 Å². The van der Waals surface area contributed by atoms with E-state index in [2.05, 4.69) is 57.8 Å². The smallest absolute Gasteiger partial charge is 0.316 e. The first kappa shape index (κ1) is 18.8. The molecule has 1 aromatic rings. The maximum atomic E-state index is 12.8. The number of hydrogen-bond acceptors (Lipinski definition) is 4. The van der Waals surface area contributed by atoms with Crippen LogP contribution in [0, 0.1) is 30.6 Å². The Bertz CT molecular complexity index is 716. The quantitative estimate of drug-likeness (QED) is 0.733. The Morgan fingerprint density at radius 1 is 1.26 bits per heavy atom. The summed E-state index contributed by atoms with van der Waals surface area (Å²) in [5, 5.41) is 0. The molecule has 0 amide bonds. The van der Waals surface area contributed by atoms with Crippen molar-refractivity contribution in [3.05, 3.63) is 29.3 Å². The lowest BCUT2D eigenvalue weighted by Gasteiger charge is -2.40. The number of nitrogens with zero attached hydrogens (tertiary/aromatic N) is 1. The Balaban J connectivity index is 1.60. The standard InChI is InChI=1S/C23H33NO3/c1-13(2)16-10-9-14(3)11-19(16)26-23-17-12-24(5)18-8-6-7-15(4)20(18)21(17)22(25)27-23/h6-8,13-14,16-17,19,21,23H,9-12H2,1-5H3/t14-,16+,17-,19-,21-,23-/m1/s1. The van der Waals surface area contributed by atoms with E-state index in [-0.39, 0.29) is 23.9 Å². The van der Waals surface area contributed by atoms with Crippen LogP contribution < -0.4 is 4.90 Å². The predicted molar refractivity (Wildman–Crippen MR) is 107 cm³/mol. The average molecular weight is 372 g/mol. The van der Waals surface area contributed by atoms with Crippen molar-refractivity contribution in [1.82, 2.24) is 0 Å². The predicted octanol–water partition coefficient (Wildman–Crippen LogP) is 4.50. The van der Waals surface area contributed by atoms with Crippen molar-refractivity contribution in [3.8, 4) is 0 Å². The monoisotopic (exact) mass is 371 g/mol. The lowest BCUT2D eigenvalue weighted by atomic mass is 9.75. The lowest BCUT2D eigenvalue weighted by Crippen LogP contribution is -2.43. The second-order valence-electron chi connectivity index (χ2n) is 9.34. The average Bonchev–Trinajstić information content (AvgIpc) is 2.90. The number of anilines is 1. The van der Waals surface area contributed by atoms with Crippen LogP contribution in [0.2, 0.25) is 0 Å². The van der Waals surface area contributed by atoms with Gasteiger partial charge in [-0.3, -0.25) is 4.79 Å². The van der Waals surface area contributed by atoms with Crippen LogP contribution in [-0.2, 0) is 14.3 Å². The molecule has 1 saturated heterocycles. The van der Waals surface area contributed by atoms with Gasteiger partial charge in [-0.2, -0.15) is 0 Å². The molecule has 6 atom stereocenters. The second-order valence-corrected chi connectivity index (χ2v) is 9.34. The number of benzene rings is 1. The van der Waals surface area contributed by atoms with E-state index < -0.39 is 6.29 Å². The topological polar surface area (TPSA) is 38.8 Å². The van der Waals surface area contributed by atoms with Gasteiger partial charge in [0.15, 0.2) is 0 Å². The molecule has 1 aliphatic carbocycles. The molecule has 27 heavy (non-hydrogen) atoms. The first-order chi connectivity index (χ1) is 12.9. The van der Waals surface area contributed by atoms with Crippen molar-refractivity contribution in [2.75, 3.05) is 18.5 Å². The molecule has 2 heterocycles. The summed E-state index contributed by atoms with van der Waals surface area (Å²) in [4.78, 5) is 15.1. The highest BCUT2D eigenvalue weighted by Gasteiger charge is 2.51. The molecule has 148 valence electrons. The maximum Gasteiger partial charge on any atom is 0.316 e. The van der Waals surface area contributed by atoms with Gasteiger partial charge in [-0.05, 0) is 54.7 Å². The molecular weight excluding hydrogens is 338 g/mol. The van der Waals surface area contributed by atoms with Crippen molar-refractivity contribution in [2.24, 2.45) is 23.7 Å². The zero-order valence-corrected chi connectivity index (χ0v) is 17.3. The van der Waals surface area contributed by atoms with Gasteiger partial charge in [-0.15, -0.1) is 0 Å². The van der Waals surface area contributed by atoms with E-state index in [1.54, 1.807) is 0 Å². The van der Waals surface area contributed by atoms with Gasteiger partial charge in [0, 0.05) is 19.3 Å². The van der Waals surface area contributed by atoms with Crippen molar-refractivity contribution in [3.63, 3.8) is 0 Å². The minimum Gasteiger partial charge on any atom is -0.435 e. The molecule has 0 bridgehead atoms. The van der Waals surface area contributed by atoms with Gasteiger partial charge >= 0.3 is 5.97 Å². The summed E-state index contributed by atoms with van der Waals surface area (Å²) in [6.45, 7) is 9.77. The number of rotatable bonds is 3. The molecule has 3 aliphatic rings. The van der Waals surface area contributed by atoms with Crippen LogP contribution in [0.3, 0.4) is 0 Å². The van der Waals surface area contributed by atoms with Crippen molar-refractivity contribution in [2.45, 2.75) is 65.3 Å². The largest absolute Gasteiger partial charge is 0.435 e. The van der Waals surface area contributed by atoms with E-state index in [0.717, 1.165) is 29.8 Å². The minimum atomic E-state index is -0.422. The SMILES string of the molecule is Cc1cccc2c1[C@@H]1C(=O)O[C@@H](O[C@@H]3C[C@H](C)CC[C@H]3C(C)C)[C@@H]1CN2C. The number of esters is 1. The number of carbonyl (C=O) groups is 1. The molecule has 2 fully saturated rings. The molecular formula is C23H33NO3. The van der Waals surface area contributed by atoms with Gasteiger partial charge in [0.1, 0.15) is 0 Å². The summed E-state index contributed by atoms with van der Waals surface area (Å²) < 4.78 is 12.4. The van der Waals surface area contributed by atoms with Gasteiger partial charge in [0.25, 0.3) is 0 Å². The van der Waals surface area contributed by atoms with Crippen LogP contribution in [0.25, 0.3) is 0 Å². The van der Waals surface area contributed by atoms with Gasteiger partial charge in [-0.25, -0.2) is 0 Å². The Hall–Kier alpha value is -1.55. The minimum absolute atomic E-state index is 0.0705. The van der Waals surface area contributed by atoms with E-state index in [1.165, 1.54) is 12.8 Å². The molecule has 1 aromatic carbocycles. The van der Waals surface area contributed by atoms with Crippen LogP contribution in [0.15, 0.2) is 18.2 Å². The molecule has 0 aromatic heterocycles. The van der Waals surface area contributed by atoms with Gasteiger partial charge in [0.2, 0.25) is 6.29 Å². The fourth-order valence-corrected chi connectivity index (χ4v) is 5.52. The Labute approximate surface area is 163 Å². The molecule has 4 heteroatoms. The fourth-order valence-electron chi connectivity index (χ4n) is 5.52. The summed E-state index contributed by atoms with van der Waals surface area (Å²) in [6.07, 6.45) is 3.32. The third-order valence-electron chi connectivity index (χ3n) is 7.04. The molecule has 0 spiro atoms. The molecule has 4 nitrogen and oxygen atoms in total. The fraction of sp³-hybridized carbons (Fsp3) is 0.696. The molecule has 0 radical (unpaired) electrons. The van der Waals surface area contributed by atoms with Crippen LogP contribution in [-0.4, -0.2) is 32.0 Å². The number of carbonyl (C=O) groups excluding carboxylic acids is 1. The highest BCUT2D eigenvalue weighted by Crippen LogP contribution is 2.48. The number of cyclic esters (lactones) is 1. The zero-order chi connectivity index (χ0) is 19.3. The maximum absolute atomic E-state index is 12.8. The number of ether oxygens (including phenoxy) is 2. The van der Waals surface area contributed by atoms with Gasteiger partial charge in [0.05, 0.1) is 17.9 Å². The summed E-state index contributed by atoms with van der Waals surface area (Å²) in [7, 11) is 2.11. The number of hydrogen-bond donors (Lipinski definition) is 0. The molecule has 2 aliphatic heterocycles. The van der Waals surface area contributed by atoms with E-state index in [4.69, 9.17) is 9.47 Å². The zero-order valence-electron chi connectivity index (χ0n) is 17.3. The van der Waals surface area contributed by atoms with Crippen molar-refractivity contribution < 1.29 is 14.3 Å². The van der Waals surface area contributed by atoms with E-state index in [0.29, 0.717) is 17.8 Å². The Morgan fingerprint density at radius 3 is 2.78 bits per heavy atom. The summed E-state index contributed by atoms with van der Waals surface area (Å²) in [5.41, 5.74) is 3.45. The Morgan fingerprint density at radius 2 is 2.04 bits per heavy atom. The van der Waals surface area contributed by atoms with Crippen LogP contribution in [0.5, 0.6) is 0 Å². The van der Waals surface area contributed by atoms with E-state index in [9.17, 15) is 4.79 Å². The van der Waals surface area contributed by atoms with Gasteiger partial charge < -0.3 is 14.4 Å². The number of fused-ring (bicyclic) bond motifs is 3. The third kappa shape index (κ3) is 3.26. The van der Waals surface area contributed by atoms with Gasteiger partial charge in [-0.1, -0.05) is 39.3 Å². The molecule has 0 N–H and O–H groups in total. The highest BCUT2D eigenvalue weighted by molar-refractivity contribution is 5.85. The summed E-state index contributed by atoms with van der Waals surface area (Å²) >= 11 is 0. The van der Waals surface area contributed by atoms with Crippen molar-refractivity contribution in [1.29, 1.82) is 0 Å².